The number of thiophene rings is 1. The molecule has 242 valence electrons. The summed E-state index contributed by atoms with van der Waals surface area (Å²) in [6.45, 7) is 0. The fourth-order valence-electron chi connectivity index (χ4n) is 8.95. The van der Waals surface area contributed by atoms with Crippen LogP contribution in [0.5, 0.6) is 0 Å². The molecule has 0 bridgehead atoms. The fourth-order valence-corrected chi connectivity index (χ4v) is 10.0. The minimum Gasteiger partial charge on any atom is -0.309 e. The maximum absolute atomic E-state index is 2.50. The third-order valence-electron chi connectivity index (χ3n) is 11.0. The van der Waals surface area contributed by atoms with Gasteiger partial charge in [-0.2, -0.15) is 0 Å². The lowest BCUT2D eigenvalue weighted by Gasteiger charge is -2.13. The molecule has 0 atom stereocenters. The summed E-state index contributed by atoms with van der Waals surface area (Å²) in [7, 11) is 0. The van der Waals surface area contributed by atoms with Crippen molar-refractivity contribution in [1.82, 2.24) is 13.7 Å². The van der Waals surface area contributed by atoms with Crippen molar-refractivity contribution in [2.75, 3.05) is 0 Å². The van der Waals surface area contributed by atoms with Crippen molar-refractivity contribution in [3.05, 3.63) is 176 Å². The highest BCUT2D eigenvalue weighted by atomic mass is 32.1. The summed E-state index contributed by atoms with van der Waals surface area (Å²) >= 11 is 1.86. The molecule has 52 heavy (non-hydrogen) atoms. The molecule has 0 amide bonds. The second-order valence-electron chi connectivity index (χ2n) is 13.7. The summed E-state index contributed by atoms with van der Waals surface area (Å²) in [6.07, 6.45) is 0. The molecule has 0 aliphatic carbocycles. The van der Waals surface area contributed by atoms with Gasteiger partial charge in [0.05, 0.1) is 44.5 Å². The average molecular weight is 680 g/mol. The van der Waals surface area contributed by atoms with Gasteiger partial charge in [-0.1, -0.05) is 103 Å². The Bertz CT molecular complexity index is 3370. The quantitative estimate of drug-likeness (QED) is 0.177. The number of aromatic nitrogens is 3. The summed E-state index contributed by atoms with van der Waals surface area (Å²) in [6, 6.07) is 64.7. The molecule has 0 fully saturated rings. The zero-order valence-electron chi connectivity index (χ0n) is 28.0. The van der Waals surface area contributed by atoms with Crippen LogP contribution in [0.3, 0.4) is 0 Å². The molecular formula is C48H29N3S. The molecule has 0 N–H and O–H groups in total. The highest BCUT2D eigenvalue weighted by molar-refractivity contribution is 7.25. The fraction of sp³-hybridized carbons (Fsp3) is 0. The predicted molar refractivity (Wildman–Crippen MR) is 222 cm³/mol. The van der Waals surface area contributed by atoms with Gasteiger partial charge in [0.15, 0.2) is 0 Å². The molecule has 4 aromatic heterocycles. The van der Waals surface area contributed by atoms with Crippen molar-refractivity contribution in [3.63, 3.8) is 0 Å². The summed E-state index contributed by atoms with van der Waals surface area (Å²) in [5, 5.41) is 10.1. The molecule has 4 heterocycles. The van der Waals surface area contributed by atoms with Crippen molar-refractivity contribution in [3.8, 4) is 17.1 Å². The molecular weight excluding hydrogens is 651 g/mol. The molecule has 12 rings (SSSR count). The van der Waals surface area contributed by atoms with Crippen molar-refractivity contribution < 1.29 is 0 Å². The van der Waals surface area contributed by atoms with Crippen molar-refractivity contribution in [2.24, 2.45) is 0 Å². The van der Waals surface area contributed by atoms with Crippen LogP contribution in [0.1, 0.15) is 0 Å². The highest BCUT2D eigenvalue weighted by Gasteiger charge is 2.22. The summed E-state index contributed by atoms with van der Waals surface area (Å²) < 4.78 is 10.1. The van der Waals surface area contributed by atoms with Crippen LogP contribution in [0.2, 0.25) is 0 Å². The van der Waals surface area contributed by atoms with E-state index in [1.54, 1.807) is 0 Å². The Morgan fingerprint density at radius 2 is 0.712 bits per heavy atom. The molecule has 0 unspecified atom stereocenters. The molecule has 0 aliphatic heterocycles. The molecule has 0 saturated heterocycles. The first-order valence-corrected chi connectivity index (χ1v) is 18.6. The van der Waals surface area contributed by atoms with E-state index in [9.17, 15) is 0 Å². The Hall–Kier alpha value is -6.62. The summed E-state index contributed by atoms with van der Waals surface area (Å²) in [4.78, 5) is 0. The molecule has 12 aromatic rings. The first kappa shape index (κ1) is 28.1. The number of nitrogens with zero attached hydrogens (tertiary/aromatic N) is 3. The first-order chi connectivity index (χ1) is 25.8. The van der Waals surface area contributed by atoms with Crippen LogP contribution in [0, 0.1) is 0 Å². The van der Waals surface area contributed by atoms with Gasteiger partial charge in [-0.05, 0) is 72.8 Å². The van der Waals surface area contributed by atoms with Crippen LogP contribution in [-0.4, -0.2) is 13.7 Å². The second-order valence-corrected chi connectivity index (χ2v) is 14.8. The minimum absolute atomic E-state index is 1.18. The zero-order valence-corrected chi connectivity index (χ0v) is 28.8. The number of benzene rings is 8. The number of para-hydroxylation sites is 4. The van der Waals surface area contributed by atoms with Gasteiger partial charge in [-0.25, -0.2) is 0 Å². The Balaban J connectivity index is 1.18. The molecule has 0 aliphatic rings. The van der Waals surface area contributed by atoms with Gasteiger partial charge in [-0.15, -0.1) is 11.3 Å². The van der Waals surface area contributed by atoms with Gasteiger partial charge in [0.1, 0.15) is 0 Å². The third-order valence-corrected chi connectivity index (χ3v) is 12.2. The SMILES string of the molecule is c1ccc2c(c1)sc1ccc(-n3c4ccccc4c4c(-n5c6ccccc6c6c(-n7c8ccccc8c8ccccc87)cccc65)cccc43)cc12. The van der Waals surface area contributed by atoms with Crippen LogP contribution >= 0.6 is 11.3 Å². The van der Waals surface area contributed by atoms with E-state index in [0.29, 0.717) is 0 Å². The van der Waals surface area contributed by atoms with E-state index in [2.05, 4.69) is 190 Å². The normalized spacial score (nSPS) is 12.2. The predicted octanol–water partition coefficient (Wildman–Crippen LogP) is 13.3. The van der Waals surface area contributed by atoms with E-state index < -0.39 is 0 Å². The largest absolute Gasteiger partial charge is 0.309 e. The number of rotatable bonds is 3. The van der Waals surface area contributed by atoms with Crippen LogP contribution in [0.25, 0.3) is 103 Å². The average Bonchev–Trinajstić information content (AvgIpc) is 3.94. The van der Waals surface area contributed by atoms with Crippen LogP contribution in [-0.2, 0) is 0 Å². The lowest BCUT2D eigenvalue weighted by Crippen LogP contribution is -1.98. The smallest absolute Gasteiger partial charge is 0.0562 e. The topological polar surface area (TPSA) is 14.8 Å². The molecule has 3 nitrogen and oxygen atoms in total. The van der Waals surface area contributed by atoms with E-state index in [-0.39, 0.29) is 0 Å². The van der Waals surface area contributed by atoms with Crippen LogP contribution < -0.4 is 0 Å². The first-order valence-electron chi connectivity index (χ1n) is 17.8. The van der Waals surface area contributed by atoms with E-state index in [1.165, 1.54) is 103 Å². The highest BCUT2D eigenvalue weighted by Crippen LogP contribution is 2.43. The number of fused-ring (bicyclic) bond motifs is 12. The Morgan fingerprint density at radius 3 is 1.33 bits per heavy atom. The zero-order chi connectivity index (χ0) is 33.9. The molecule has 0 radical (unpaired) electrons. The van der Waals surface area contributed by atoms with Crippen molar-refractivity contribution in [1.29, 1.82) is 0 Å². The van der Waals surface area contributed by atoms with E-state index in [4.69, 9.17) is 0 Å². The van der Waals surface area contributed by atoms with Gasteiger partial charge in [0.2, 0.25) is 0 Å². The number of hydrogen-bond acceptors (Lipinski definition) is 1. The molecule has 0 spiro atoms. The van der Waals surface area contributed by atoms with Crippen molar-refractivity contribution >= 4 is 96.9 Å². The van der Waals surface area contributed by atoms with Gasteiger partial charge < -0.3 is 13.7 Å². The van der Waals surface area contributed by atoms with Crippen LogP contribution in [0.4, 0.5) is 0 Å². The second kappa shape index (κ2) is 10.5. The van der Waals surface area contributed by atoms with E-state index >= 15 is 0 Å². The Morgan fingerprint density at radius 1 is 0.288 bits per heavy atom. The number of hydrogen-bond donors (Lipinski definition) is 0. The lowest BCUT2D eigenvalue weighted by molar-refractivity contribution is 1.17. The molecule has 8 aromatic carbocycles. The Kier molecular flexibility index (Phi) is 5.65. The van der Waals surface area contributed by atoms with Crippen molar-refractivity contribution in [2.45, 2.75) is 0 Å². The monoisotopic (exact) mass is 679 g/mol. The summed E-state index contributed by atoms with van der Waals surface area (Å²) in [5.74, 6) is 0. The summed E-state index contributed by atoms with van der Waals surface area (Å²) in [5.41, 5.74) is 10.8. The third kappa shape index (κ3) is 3.69. The molecule has 0 saturated carbocycles. The lowest BCUT2D eigenvalue weighted by atomic mass is 10.1. The maximum Gasteiger partial charge on any atom is 0.0562 e. The van der Waals surface area contributed by atoms with Gasteiger partial charge in [0.25, 0.3) is 0 Å². The van der Waals surface area contributed by atoms with Crippen LogP contribution in [0.15, 0.2) is 176 Å². The van der Waals surface area contributed by atoms with Gasteiger partial charge >= 0.3 is 0 Å². The molecule has 4 heteroatoms. The maximum atomic E-state index is 2.50. The minimum atomic E-state index is 1.18. The standard InChI is InChI=1S/C48H29N3S/c1-6-18-37-31(13-1)32-14-2-7-19-38(32)50(37)42-23-12-25-44-48(42)35-17-4-9-21-40(35)51(44)43-24-11-22-41-47(43)34-16-3-8-20-39(34)49(41)30-27-28-46-36(29-30)33-15-5-10-26-45(33)52-46/h1-29H. The van der Waals surface area contributed by atoms with E-state index in [0.717, 1.165) is 0 Å². The van der Waals surface area contributed by atoms with E-state index in [1.807, 2.05) is 11.3 Å². The Labute approximate surface area is 302 Å². The van der Waals surface area contributed by atoms with Gasteiger partial charge in [0, 0.05) is 58.2 Å². The van der Waals surface area contributed by atoms with Gasteiger partial charge in [-0.3, -0.25) is 0 Å².